The average Bonchev–Trinajstić information content (AvgIpc) is 2.61. The first-order valence-electron chi connectivity index (χ1n) is 8.39. The molecule has 0 spiro atoms. The molecule has 0 unspecified atom stereocenters. The van der Waals surface area contributed by atoms with E-state index >= 15 is 0 Å². The summed E-state index contributed by atoms with van der Waals surface area (Å²) in [5.41, 5.74) is 5.68. The Labute approximate surface area is 143 Å². The maximum Gasteiger partial charge on any atom is 0.115 e. The van der Waals surface area contributed by atoms with Crippen LogP contribution in [-0.2, 0) is 6.42 Å². The van der Waals surface area contributed by atoms with Gasteiger partial charge in [-0.1, -0.05) is 49.7 Å². The lowest BCUT2D eigenvalue weighted by Gasteiger charge is -2.12. The Morgan fingerprint density at radius 1 is 0.708 bits per heavy atom. The Kier molecular flexibility index (Phi) is 4.85. The first-order valence-corrected chi connectivity index (χ1v) is 8.39. The predicted molar refractivity (Wildman–Crippen MR) is 99.3 cm³/mol. The molecule has 0 saturated carbocycles. The first kappa shape index (κ1) is 16.1. The van der Waals surface area contributed by atoms with E-state index in [2.05, 4.69) is 25.1 Å². The van der Waals surface area contributed by atoms with Gasteiger partial charge in [0.15, 0.2) is 0 Å². The van der Waals surface area contributed by atoms with E-state index in [1.54, 1.807) is 18.2 Å². The van der Waals surface area contributed by atoms with Crippen molar-refractivity contribution in [3.63, 3.8) is 0 Å². The van der Waals surface area contributed by atoms with Gasteiger partial charge in [-0.05, 0) is 71.0 Å². The molecule has 0 amide bonds. The van der Waals surface area contributed by atoms with Crippen LogP contribution in [0.15, 0.2) is 66.7 Å². The summed E-state index contributed by atoms with van der Waals surface area (Å²) >= 11 is 0. The van der Waals surface area contributed by atoms with Crippen LogP contribution >= 0.6 is 0 Å². The van der Waals surface area contributed by atoms with E-state index in [-0.39, 0.29) is 5.75 Å². The molecule has 0 aliphatic heterocycles. The minimum Gasteiger partial charge on any atom is -0.508 e. The van der Waals surface area contributed by atoms with Gasteiger partial charge in [-0.2, -0.15) is 0 Å². The summed E-state index contributed by atoms with van der Waals surface area (Å²) < 4.78 is 0. The van der Waals surface area contributed by atoms with Gasteiger partial charge in [0.25, 0.3) is 0 Å². The summed E-state index contributed by atoms with van der Waals surface area (Å²) in [4.78, 5) is 0. The minimum absolute atomic E-state index is 0.273. The Bertz CT molecular complexity index is 820. The number of aryl methyl sites for hydroxylation is 1. The molecule has 3 aromatic carbocycles. The summed E-state index contributed by atoms with van der Waals surface area (Å²) in [6.07, 6.45) is 3.19. The molecular formula is C22H22O2. The van der Waals surface area contributed by atoms with Crippen LogP contribution in [0.4, 0.5) is 0 Å². The number of hydrogen-bond donors (Lipinski definition) is 2. The lowest BCUT2D eigenvalue weighted by Crippen LogP contribution is -1.91. The third-order valence-electron chi connectivity index (χ3n) is 4.26. The molecule has 0 saturated heterocycles. The fraction of sp³-hybridized carbons (Fsp3) is 0.182. The highest BCUT2D eigenvalue weighted by Gasteiger charge is 2.08. The molecule has 3 aromatic rings. The molecule has 3 rings (SSSR count). The van der Waals surface area contributed by atoms with Gasteiger partial charge in [0, 0.05) is 0 Å². The van der Waals surface area contributed by atoms with E-state index in [0.717, 1.165) is 36.0 Å². The van der Waals surface area contributed by atoms with Crippen molar-refractivity contribution in [3.05, 3.63) is 72.3 Å². The Hall–Kier alpha value is -2.74. The van der Waals surface area contributed by atoms with Crippen molar-refractivity contribution in [1.82, 2.24) is 0 Å². The van der Waals surface area contributed by atoms with Crippen molar-refractivity contribution in [2.24, 2.45) is 0 Å². The van der Waals surface area contributed by atoms with Gasteiger partial charge in [-0.15, -0.1) is 0 Å². The quantitative estimate of drug-likeness (QED) is 0.626. The number of rotatable bonds is 5. The van der Waals surface area contributed by atoms with E-state index in [4.69, 9.17) is 0 Å². The van der Waals surface area contributed by atoms with Crippen LogP contribution in [0.25, 0.3) is 22.3 Å². The smallest absolute Gasteiger partial charge is 0.115 e. The predicted octanol–water partition coefficient (Wildman–Crippen LogP) is 5.77. The maximum atomic E-state index is 9.82. The lowest BCUT2D eigenvalue weighted by atomic mass is 9.93. The Morgan fingerprint density at radius 3 is 2.17 bits per heavy atom. The summed E-state index contributed by atoms with van der Waals surface area (Å²) in [6, 6.07) is 21.2. The van der Waals surface area contributed by atoms with E-state index in [0.29, 0.717) is 5.75 Å². The van der Waals surface area contributed by atoms with Crippen molar-refractivity contribution in [1.29, 1.82) is 0 Å². The zero-order chi connectivity index (χ0) is 16.9. The van der Waals surface area contributed by atoms with Crippen molar-refractivity contribution < 1.29 is 10.2 Å². The van der Waals surface area contributed by atoms with Gasteiger partial charge in [-0.3, -0.25) is 0 Å². The third-order valence-corrected chi connectivity index (χ3v) is 4.26. The van der Waals surface area contributed by atoms with Crippen molar-refractivity contribution in [2.75, 3.05) is 0 Å². The molecular weight excluding hydrogens is 296 g/mol. The highest BCUT2D eigenvalue weighted by atomic mass is 16.3. The summed E-state index contributed by atoms with van der Waals surface area (Å²) in [6.45, 7) is 2.17. The second kappa shape index (κ2) is 7.22. The van der Waals surface area contributed by atoms with Crippen molar-refractivity contribution >= 4 is 0 Å². The van der Waals surface area contributed by atoms with Gasteiger partial charge in [0.05, 0.1) is 0 Å². The van der Waals surface area contributed by atoms with E-state index in [1.807, 2.05) is 30.3 Å². The van der Waals surface area contributed by atoms with Gasteiger partial charge in [0.1, 0.15) is 11.5 Å². The topological polar surface area (TPSA) is 40.5 Å². The molecule has 2 heteroatoms. The molecule has 0 aliphatic rings. The van der Waals surface area contributed by atoms with Crippen LogP contribution in [0.5, 0.6) is 11.5 Å². The van der Waals surface area contributed by atoms with Gasteiger partial charge in [0.2, 0.25) is 0 Å². The zero-order valence-corrected chi connectivity index (χ0v) is 13.9. The zero-order valence-electron chi connectivity index (χ0n) is 13.9. The number of unbranched alkanes of at least 4 members (excludes halogenated alkanes) is 1. The molecule has 2 N–H and O–H groups in total. The molecule has 0 bridgehead atoms. The molecule has 122 valence electrons. The molecule has 0 heterocycles. The van der Waals surface area contributed by atoms with E-state index in [9.17, 15) is 10.2 Å². The van der Waals surface area contributed by atoms with E-state index in [1.165, 1.54) is 11.1 Å². The van der Waals surface area contributed by atoms with Crippen LogP contribution in [-0.4, -0.2) is 10.2 Å². The third kappa shape index (κ3) is 3.60. The van der Waals surface area contributed by atoms with Crippen LogP contribution in [0, 0.1) is 0 Å². The summed E-state index contributed by atoms with van der Waals surface area (Å²) in [5, 5.41) is 19.3. The number of phenolic OH excluding ortho intramolecular Hbond substituents is 2. The highest BCUT2D eigenvalue weighted by Crippen LogP contribution is 2.31. The number of hydrogen-bond acceptors (Lipinski definition) is 2. The number of benzene rings is 3. The van der Waals surface area contributed by atoms with Gasteiger partial charge < -0.3 is 10.2 Å². The molecule has 0 radical (unpaired) electrons. The van der Waals surface area contributed by atoms with Crippen molar-refractivity contribution in [3.8, 4) is 33.8 Å². The molecule has 0 atom stereocenters. The van der Waals surface area contributed by atoms with Gasteiger partial charge >= 0.3 is 0 Å². The monoisotopic (exact) mass is 318 g/mol. The first-order chi connectivity index (χ1) is 11.7. The summed E-state index contributed by atoms with van der Waals surface area (Å²) in [5.74, 6) is 0.592. The molecule has 0 aliphatic carbocycles. The normalized spacial score (nSPS) is 10.7. The largest absolute Gasteiger partial charge is 0.508 e. The van der Waals surface area contributed by atoms with Crippen molar-refractivity contribution in [2.45, 2.75) is 26.2 Å². The standard InChI is InChI=1S/C22H22O2/c1-2-3-5-19-15-21(24)12-13-22(19)18-7-4-6-17(14-18)16-8-10-20(23)11-9-16/h4,6-15,23-24H,2-3,5H2,1H3. The fourth-order valence-corrected chi connectivity index (χ4v) is 2.96. The maximum absolute atomic E-state index is 9.82. The summed E-state index contributed by atoms with van der Waals surface area (Å²) in [7, 11) is 0. The lowest BCUT2D eigenvalue weighted by molar-refractivity contribution is 0.474. The van der Waals surface area contributed by atoms with E-state index < -0.39 is 0 Å². The second-order valence-electron chi connectivity index (χ2n) is 6.07. The van der Waals surface area contributed by atoms with Crippen LogP contribution in [0.3, 0.4) is 0 Å². The molecule has 0 aromatic heterocycles. The minimum atomic E-state index is 0.273. The number of aromatic hydroxyl groups is 2. The number of phenols is 2. The van der Waals surface area contributed by atoms with Crippen LogP contribution in [0.2, 0.25) is 0 Å². The Balaban J connectivity index is 2.01. The molecule has 0 fully saturated rings. The Morgan fingerprint density at radius 2 is 1.42 bits per heavy atom. The highest BCUT2D eigenvalue weighted by molar-refractivity contribution is 5.75. The fourth-order valence-electron chi connectivity index (χ4n) is 2.96. The van der Waals surface area contributed by atoms with Gasteiger partial charge in [-0.25, -0.2) is 0 Å². The molecule has 24 heavy (non-hydrogen) atoms. The van der Waals surface area contributed by atoms with Crippen LogP contribution < -0.4 is 0 Å². The second-order valence-corrected chi connectivity index (χ2v) is 6.07. The van der Waals surface area contributed by atoms with Crippen LogP contribution in [0.1, 0.15) is 25.3 Å². The molecule has 2 nitrogen and oxygen atoms in total. The SMILES string of the molecule is CCCCc1cc(O)ccc1-c1cccc(-c2ccc(O)cc2)c1. The average molecular weight is 318 g/mol.